The van der Waals surface area contributed by atoms with Crippen LogP contribution in [0.4, 0.5) is 0 Å². The smallest absolute Gasteiger partial charge is 0.258 e. The molecule has 1 aromatic heterocycles. The number of aromatic hydroxyl groups is 1. The number of nitrogens with one attached hydrogen (secondary N) is 2. The lowest BCUT2D eigenvalue weighted by Gasteiger charge is -2.24. The largest absolute Gasteiger partial charge is 0.506 e. The molecule has 31 heavy (non-hydrogen) atoms. The Hall–Kier alpha value is -3.20. The molecule has 4 rings (SSSR count). The van der Waals surface area contributed by atoms with Crippen molar-refractivity contribution >= 4 is 34.8 Å². The lowest BCUT2D eigenvalue weighted by atomic mass is 10.0. The zero-order chi connectivity index (χ0) is 22.0. The maximum Gasteiger partial charge on any atom is 0.258 e. The van der Waals surface area contributed by atoms with Crippen molar-refractivity contribution in [2.24, 2.45) is 0 Å². The van der Waals surface area contributed by atoms with Crippen molar-refractivity contribution in [2.45, 2.75) is 38.8 Å². The highest BCUT2D eigenvalue weighted by Crippen LogP contribution is 2.31. The molecule has 1 atom stereocenters. The van der Waals surface area contributed by atoms with Gasteiger partial charge in [-0.2, -0.15) is 5.10 Å². The van der Waals surface area contributed by atoms with Gasteiger partial charge in [-0.25, -0.2) is 0 Å². The minimum atomic E-state index is -0.551. The summed E-state index contributed by atoms with van der Waals surface area (Å²) in [4.78, 5) is 27.5. The summed E-state index contributed by atoms with van der Waals surface area (Å²) in [6.07, 6.45) is 1.88. The van der Waals surface area contributed by atoms with Gasteiger partial charge in [-0.05, 0) is 43.4 Å². The first-order chi connectivity index (χ1) is 15.0. The van der Waals surface area contributed by atoms with Gasteiger partial charge in [-0.15, -0.1) is 0 Å². The number of hydrogen-bond acceptors (Lipinski definition) is 5. The van der Waals surface area contributed by atoms with E-state index in [2.05, 4.69) is 15.5 Å². The van der Waals surface area contributed by atoms with Gasteiger partial charge in [-0.3, -0.25) is 14.7 Å². The Balaban J connectivity index is 1.45. The number of carbonyl (C=O) groups excluding carboxylic acids is 2. The minimum Gasteiger partial charge on any atom is -0.506 e. The summed E-state index contributed by atoms with van der Waals surface area (Å²) in [6.45, 7) is 3.58. The van der Waals surface area contributed by atoms with Crippen LogP contribution in [-0.4, -0.2) is 55.7 Å². The maximum atomic E-state index is 13.2. The third kappa shape index (κ3) is 4.05. The van der Waals surface area contributed by atoms with Gasteiger partial charge in [0.15, 0.2) is 4.77 Å². The summed E-state index contributed by atoms with van der Waals surface area (Å²) < 4.78 is 2.45. The standard InChI is InChI=1S/C22H25N5O3S/c1-2-26-18(24-25-22(26)31)11-12-23-20(29)17-8-5-13-27(17)21(30)16-10-9-14-6-3-4-7-15(14)19(16)28/h3-4,6-7,9-10,17,28H,2,5,8,11-13H2,1H3,(H,23,29)(H,25,31). The van der Waals surface area contributed by atoms with Crippen molar-refractivity contribution in [3.05, 3.63) is 52.6 Å². The van der Waals surface area contributed by atoms with E-state index >= 15 is 0 Å². The van der Waals surface area contributed by atoms with Crippen LogP contribution in [0.25, 0.3) is 10.8 Å². The third-order valence-corrected chi connectivity index (χ3v) is 6.06. The monoisotopic (exact) mass is 439 g/mol. The number of phenolic OH excluding ortho intramolecular Hbond substituents is 1. The SMILES string of the molecule is CCn1c(CCNC(=O)C2CCCN2C(=O)c2ccc3ccccc3c2O)n[nH]c1=S. The van der Waals surface area contributed by atoms with Crippen LogP contribution in [0, 0.1) is 4.77 Å². The highest BCUT2D eigenvalue weighted by molar-refractivity contribution is 7.71. The molecule has 2 aromatic carbocycles. The Morgan fingerprint density at radius 3 is 2.90 bits per heavy atom. The number of benzene rings is 2. The van der Waals surface area contributed by atoms with E-state index in [1.165, 1.54) is 0 Å². The number of H-pyrrole nitrogens is 1. The zero-order valence-corrected chi connectivity index (χ0v) is 18.1. The molecule has 9 heteroatoms. The number of carbonyl (C=O) groups is 2. The molecule has 0 bridgehead atoms. The molecule has 0 aliphatic carbocycles. The highest BCUT2D eigenvalue weighted by Gasteiger charge is 2.35. The molecule has 1 saturated heterocycles. The first-order valence-corrected chi connectivity index (χ1v) is 10.9. The van der Waals surface area contributed by atoms with Gasteiger partial charge < -0.3 is 19.9 Å². The average Bonchev–Trinajstić information content (AvgIpc) is 3.40. The van der Waals surface area contributed by atoms with Gasteiger partial charge >= 0.3 is 0 Å². The van der Waals surface area contributed by atoms with Crippen LogP contribution in [-0.2, 0) is 17.8 Å². The number of aromatic nitrogens is 3. The van der Waals surface area contributed by atoms with Gasteiger partial charge in [-0.1, -0.05) is 30.3 Å². The lowest BCUT2D eigenvalue weighted by molar-refractivity contribution is -0.124. The third-order valence-electron chi connectivity index (χ3n) is 5.75. The minimum absolute atomic E-state index is 0.0449. The molecule has 8 nitrogen and oxygen atoms in total. The Kier molecular flexibility index (Phi) is 6.03. The van der Waals surface area contributed by atoms with Crippen LogP contribution >= 0.6 is 12.2 Å². The molecular weight excluding hydrogens is 414 g/mol. The van der Waals surface area contributed by atoms with Crippen LogP contribution < -0.4 is 5.32 Å². The molecule has 1 aliphatic heterocycles. The summed E-state index contributed by atoms with van der Waals surface area (Å²) in [7, 11) is 0. The van der Waals surface area contributed by atoms with E-state index in [9.17, 15) is 14.7 Å². The Labute approximate surface area is 184 Å². The second-order valence-corrected chi connectivity index (χ2v) is 7.96. The number of amides is 2. The average molecular weight is 440 g/mol. The number of likely N-dealkylation sites (tertiary alicyclic amines) is 1. The van der Waals surface area contributed by atoms with E-state index in [-0.39, 0.29) is 23.1 Å². The van der Waals surface area contributed by atoms with Gasteiger partial charge in [0.25, 0.3) is 5.91 Å². The van der Waals surface area contributed by atoms with Gasteiger partial charge in [0, 0.05) is 31.4 Å². The van der Waals surface area contributed by atoms with E-state index in [1.807, 2.05) is 35.8 Å². The fraction of sp³-hybridized carbons (Fsp3) is 0.364. The first kappa shape index (κ1) is 21.0. The topological polar surface area (TPSA) is 103 Å². The van der Waals surface area contributed by atoms with Crippen molar-refractivity contribution in [3.8, 4) is 5.75 Å². The first-order valence-electron chi connectivity index (χ1n) is 10.4. The molecule has 2 amide bonds. The number of rotatable bonds is 6. The predicted octanol–water partition coefficient (Wildman–Crippen LogP) is 2.78. The quantitative estimate of drug-likeness (QED) is 0.513. The zero-order valence-electron chi connectivity index (χ0n) is 17.3. The van der Waals surface area contributed by atoms with E-state index in [4.69, 9.17) is 12.2 Å². The summed E-state index contributed by atoms with van der Waals surface area (Å²) in [6, 6.07) is 10.2. The Morgan fingerprint density at radius 1 is 1.29 bits per heavy atom. The summed E-state index contributed by atoms with van der Waals surface area (Å²) in [5.41, 5.74) is 0.219. The molecule has 162 valence electrons. The number of hydrogen-bond donors (Lipinski definition) is 3. The number of nitrogens with zero attached hydrogens (tertiary/aromatic N) is 3. The van der Waals surface area contributed by atoms with Gasteiger partial charge in [0.05, 0.1) is 5.56 Å². The van der Waals surface area contributed by atoms with Crippen molar-refractivity contribution in [1.82, 2.24) is 25.0 Å². The fourth-order valence-electron chi connectivity index (χ4n) is 4.15. The Morgan fingerprint density at radius 2 is 2.10 bits per heavy atom. The predicted molar refractivity (Wildman–Crippen MR) is 119 cm³/mol. The number of aromatic amines is 1. The van der Waals surface area contributed by atoms with Gasteiger partial charge in [0.2, 0.25) is 5.91 Å². The van der Waals surface area contributed by atoms with E-state index < -0.39 is 6.04 Å². The molecule has 0 saturated carbocycles. The molecule has 1 fully saturated rings. The molecule has 2 heterocycles. The summed E-state index contributed by atoms with van der Waals surface area (Å²) in [5.74, 6) is 0.223. The van der Waals surface area contributed by atoms with Crippen molar-refractivity contribution in [1.29, 1.82) is 0 Å². The lowest BCUT2D eigenvalue weighted by Crippen LogP contribution is -2.46. The van der Waals surface area contributed by atoms with Crippen LogP contribution in [0.3, 0.4) is 0 Å². The van der Waals surface area contributed by atoms with Gasteiger partial charge in [0.1, 0.15) is 17.6 Å². The van der Waals surface area contributed by atoms with Crippen molar-refractivity contribution in [2.75, 3.05) is 13.1 Å². The maximum absolute atomic E-state index is 13.2. The van der Waals surface area contributed by atoms with Crippen LogP contribution in [0.5, 0.6) is 5.75 Å². The summed E-state index contributed by atoms with van der Waals surface area (Å²) >= 11 is 5.18. The van der Waals surface area contributed by atoms with E-state index in [0.717, 1.165) is 17.6 Å². The van der Waals surface area contributed by atoms with Crippen LogP contribution in [0.1, 0.15) is 35.9 Å². The van der Waals surface area contributed by atoms with Crippen LogP contribution in [0.2, 0.25) is 0 Å². The van der Waals surface area contributed by atoms with Crippen molar-refractivity contribution in [3.63, 3.8) is 0 Å². The molecular formula is C22H25N5O3S. The fourth-order valence-corrected chi connectivity index (χ4v) is 4.43. The molecule has 3 N–H and O–H groups in total. The molecule has 0 spiro atoms. The Bertz CT molecular complexity index is 1190. The molecule has 1 aliphatic rings. The van der Waals surface area contributed by atoms with E-state index in [0.29, 0.717) is 42.6 Å². The number of fused-ring (bicyclic) bond motifs is 1. The second kappa shape index (κ2) is 8.89. The van der Waals surface area contributed by atoms with Crippen LogP contribution in [0.15, 0.2) is 36.4 Å². The second-order valence-electron chi connectivity index (χ2n) is 7.57. The van der Waals surface area contributed by atoms with E-state index in [1.54, 1.807) is 17.0 Å². The normalized spacial score (nSPS) is 16.0. The molecule has 1 unspecified atom stereocenters. The number of phenols is 1. The molecule has 3 aromatic rings. The van der Waals surface area contributed by atoms with Crippen molar-refractivity contribution < 1.29 is 14.7 Å². The summed E-state index contributed by atoms with van der Waals surface area (Å²) in [5, 5.41) is 22.0. The molecule has 0 radical (unpaired) electrons. The highest BCUT2D eigenvalue weighted by atomic mass is 32.1.